The van der Waals surface area contributed by atoms with Gasteiger partial charge in [0.2, 0.25) is 0 Å². The third kappa shape index (κ3) is 1.66. The Hall–Kier alpha value is -0.520. The zero-order valence-corrected chi connectivity index (χ0v) is 13.5. The number of hydrogen-bond donors (Lipinski definition) is 0. The highest BCUT2D eigenvalue weighted by Gasteiger charge is 2.64. The molecule has 5 aliphatic rings. The first-order chi connectivity index (χ1) is 9.49. The molecule has 0 aromatic rings. The molecule has 0 saturated heterocycles. The average molecular weight is 270 g/mol. The van der Waals surface area contributed by atoms with Crippen molar-refractivity contribution in [1.29, 1.82) is 0 Å². The van der Waals surface area contributed by atoms with Crippen molar-refractivity contribution in [1.82, 2.24) is 0 Å². The second-order valence-corrected chi connectivity index (χ2v) is 9.15. The zero-order chi connectivity index (χ0) is 14.0. The highest BCUT2D eigenvalue weighted by molar-refractivity contribution is 5.31. The van der Waals surface area contributed by atoms with Gasteiger partial charge in [0.1, 0.15) is 0 Å². The lowest BCUT2D eigenvalue weighted by molar-refractivity contribution is -0.170. The van der Waals surface area contributed by atoms with Gasteiger partial charge in [-0.15, -0.1) is 0 Å². The molecule has 0 nitrogen and oxygen atoms in total. The van der Waals surface area contributed by atoms with Crippen LogP contribution < -0.4 is 0 Å². The maximum absolute atomic E-state index is 2.61. The summed E-state index contributed by atoms with van der Waals surface area (Å²) in [5, 5.41) is 0. The Balaban J connectivity index is 1.83. The largest absolute Gasteiger partial charge is 0.0842 e. The molecule has 0 N–H and O–H groups in total. The van der Waals surface area contributed by atoms with Crippen LogP contribution in [0.2, 0.25) is 0 Å². The molecule has 4 bridgehead atoms. The van der Waals surface area contributed by atoms with E-state index in [0.29, 0.717) is 16.2 Å². The third-order valence-electron chi connectivity index (χ3n) is 7.22. The molecule has 3 unspecified atom stereocenters. The second kappa shape index (κ2) is 4.02. The molecule has 20 heavy (non-hydrogen) atoms. The van der Waals surface area contributed by atoms with E-state index in [4.69, 9.17) is 0 Å². The maximum atomic E-state index is 2.61. The molecular formula is C20H30. The van der Waals surface area contributed by atoms with Gasteiger partial charge in [0.15, 0.2) is 0 Å². The van der Waals surface area contributed by atoms with Gasteiger partial charge in [-0.25, -0.2) is 0 Å². The SMILES string of the molecule is CCC1C2CC3(C)CC(C)(C2)CC1(C1=CC=CCC1)C3. The zero-order valence-electron chi connectivity index (χ0n) is 13.5. The molecule has 3 atom stereocenters. The van der Waals surface area contributed by atoms with Crippen LogP contribution in [0, 0.1) is 28.1 Å². The van der Waals surface area contributed by atoms with Crippen LogP contribution in [-0.4, -0.2) is 0 Å². The normalized spacial score (nSPS) is 53.2. The van der Waals surface area contributed by atoms with Gasteiger partial charge >= 0.3 is 0 Å². The minimum absolute atomic E-state index is 0.572. The van der Waals surface area contributed by atoms with E-state index in [1.54, 1.807) is 0 Å². The molecule has 0 heterocycles. The Morgan fingerprint density at radius 1 is 1.10 bits per heavy atom. The van der Waals surface area contributed by atoms with Crippen molar-refractivity contribution in [2.75, 3.05) is 0 Å². The molecular weight excluding hydrogens is 240 g/mol. The van der Waals surface area contributed by atoms with Crippen molar-refractivity contribution >= 4 is 0 Å². The molecule has 0 heteroatoms. The molecule has 0 aromatic carbocycles. The minimum atomic E-state index is 0.572. The van der Waals surface area contributed by atoms with E-state index in [2.05, 4.69) is 39.0 Å². The first-order valence-corrected chi connectivity index (χ1v) is 8.85. The van der Waals surface area contributed by atoms with Gasteiger partial charge in [0.25, 0.3) is 0 Å². The fraction of sp³-hybridized carbons (Fsp3) is 0.800. The lowest BCUT2D eigenvalue weighted by atomic mass is 9.35. The molecule has 5 aliphatic carbocycles. The fourth-order valence-corrected chi connectivity index (χ4v) is 7.57. The second-order valence-electron chi connectivity index (χ2n) is 9.15. The van der Waals surface area contributed by atoms with Crippen LogP contribution in [0.5, 0.6) is 0 Å². The molecule has 0 aliphatic heterocycles. The topological polar surface area (TPSA) is 0 Å². The summed E-state index contributed by atoms with van der Waals surface area (Å²) in [5.74, 6) is 1.99. The molecule has 4 fully saturated rings. The van der Waals surface area contributed by atoms with Crippen molar-refractivity contribution in [2.24, 2.45) is 28.1 Å². The van der Waals surface area contributed by atoms with E-state index in [-0.39, 0.29) is 0 Å². The Labute approximate surface area is 124 Å². The van der Waals surface area contributed by atoms with E-state index in [1.165, 1.54) is 51.4 Å². The highest BCUT2D eigenvalue weighted by atomic mass is 14.7. The van der Waals surface area contributed by atoms with Crippen molar-refractivity contribution in [3.8, 4) is 0 Å². The molecule has 0 spiro atoms. The van der Waals surface area contributed by atoms with Crippen LogP contribution in [-0.2, 0) is 0 Å². The van der Waals surface area contributed by atoms with Gasteiger partial charge in [-0.2, -0.15) is 0 Å². The van der Waals surface area contributed by atoms with E-state index in [0.717, 1.165) is 11.8 Å². The van der Waals surface area contributed by atoms with Gasteiger partial charge in [0.05, 0.1) is 0 Å². The first-order valence-electron chi connectivity index (χ1n) is 8.85. The average Bonchev–Trinajstić information content (AvgIpc) is 2.36. The quantitative estimate of drug-likeness (QED) is 0.586. The van der Waals surface area contributed by atoms with Gasteiger partial charge < -0.3 is 0 Å². The van der Waals surface area contributed by atoms with Gasteiger partial charge in [-0.05, 0) is 73.0 Å². The fourth-order valence-electron chi connectivity index (χ4n) is 7.57. The maximum Gasteiger partial charge on any atom is -0.00437 e. The Morgan fingerprint density at radius 3 is 2.35 bits per heavy atom. The summed E-state index contributed by atoms with van der Waals surface area (Å²) in [5.41, 5.74) is 3.68. The Kier molecular flexibility index (Phi) is 2.65. The summed E-state index contributed by atoms with van der Waals surface area (Å²) < 4.78 is 0. The van der Waals surface area contributed by atoms with Crippen molar-refractivity contribution < 1.29 is 0 Å². The summed E-state index contributed by atoms with van der Waals surface area (Å²) >= 11 is 0. The van der Waals surface area contributed by atoms with E-state index in [1.807, 2.05) is 5.57 Å². The van der Waals surface area contributed by atoms with Crippen LogP contribution >= 0.6 is 0 Å². The molecule has 110 valence electrons. The summed E-state index contributed by atoms with van der Waals surface area (Å²) in [6.07, 6.45) is 18.7. The van der Waals surface area contributed by atoms with E-state index in [9.17, 15) is 0 Å². The van der Waals surface area contributed by atoms with Crippen LogP contribution in [0.25, 0.3) is 0 Å². The summed E-state index contributed by atoms with van der Waals surface area (Å²) in [6, 6.07) is 0. The van der Waals surface area contributed by atoms with Crippen molar-refractivity contribution in [3.05, 3.63) is 23.8 Å². The van der Waals surface area contributed by atoms with Crippen LogP contribution in [0.15, 0.2) is 23.8 Å². The summed E-state index contributed by atoms with van der Waals surface area (Å²) in [4.78, 5) is 0. The number of rotatable bonds is 2. The lowest BCUT2D eigenvalue weighted by Gasteiger charge is -2.69. The third-order valence-corrected chi connectivity index (χ3v) is 7.22. The predicted molar refractivity (Wildman–Crippen MR) is 85.5 cm³/mol. The van der Waals surface area contributed by atoms with Crippen molar-refractivity contribution in [2.45, 2.75) is 72.1 Å². The van der Waals surface area contributed by atoms with Gasteiger partial charge in [0, 0.05) is 0 Å². The smallest absolute Gasteiger partial charge is 0.00437 e. The number of allylic oxidation sites excluding steroid dienone is 4. The molecule has 0 radical (unpaired) electrons. The standard InChI is InChI=1S/C20H30/c1-4-17-15-10-18(2)12-19(3,11-15)14-20(17,13-18)16-8-6-5-7-9-16/h5-6,8,15,17H,4,7,9-14H2,1-3H3. The van der Waals surface area contributed by atoms with E-state index < -0.39 is 0 Å². The van der Waals surface area contributed by atoms with Crippen molar-refractivity contribution in [3.63, 3.8) is 0 Å². The Bertz CT molecular complexity index is 462. The molecule has 0 aromatic heterocycles. The highest BCUT2D eigenvalue weighted by Crippen LogP contribution is 2.74. The minimum Gasteiger partial charge on any atom is -0.0842 e. The first kappa shape index (κ1) is 13.2. The summed E-state index contributed by atoms with van der Waals surface area (Å²) in [6.45, 7) is 7.67. The lowest BCUT2D eigenvalue weighted by Crippen LogP contribution is -2.60. The molecule has 4 saturated carbocycles. The van der Waals surface area contributed by atoms with Crippen LogP contribution in [0.4, 0.5) is 0 Å². The predicted octanol–water partition coefficient (Wildman–Crippen LogP) is 5.90. The molecule has 5 rings (SSSR count). The number of hydrogen-bond acceptors (Lipinski definition) is 0. The van der Waals surface area contributed by atoms with Crippen LogP contribution in [0.1, 0.15) is 72.1 Å². The Morgan fingerprint density at radius 2 is 1.80 bits per heavy atom. The van der Waals surface area contributed by atoms with Gasteiger partial charge in [-0.3, -0.25) is 0 Å². The summed E-state index contributed by atoms with van der Waals surface area (Å²) in [7, 11) is 0. The van der Waals surface area contributed by atoms with Gasteiger partial charge in [-0.1, -0.05) is 51.0 Å². The van der Waals surface area contributed by atoms with Crippen LogP contribution in [0.3, 0.4) is 0 Å². The monoisotopic (exact) mass is 270 g/mol. The van der Waals surface area contributed by atoms with E-state index >= 15 is 0 Å². The molecule has 0 amide bonds.